The molecule has 0 N–H and O–H groups in total. The Balaban J connectivity index is 2.25. The van der Waals surface area contributed by atoms with Crippen LogP contribution in [0.4, 0.5) is 5.69 Å². The Bertz CT molecular complexity index is 752. The van der Waals surface area contributed by atoms with E-state index in [9.17, 15) is 13.2 Å². The Morgan fingerprint density at radius 3 is 2.30 bits per heavy atom. The first-order valence-electron chi connectivity index (χ1n) is 7.22. The van der Waals surface area contributed by atoms with Crippen LogP contribution in [0.5, 0.6) is 0 Å². The molecule has 124 valence electrons. The maximum atomic E-state index is 12.7. The zero-order valence-electron chi connectivity index (χ0n) is 13.4. The third-order valence-electron chi connectivity index (χ3n) is 3.63. The summed E-state index contributed by atoms with van der Waals surface area (Å²) in [5, 5.41) is 0. The maximum absolute atomic E-state index is 12.7. The van der Waals surface area contributed by atoms with E-state index in [0.717, 1.165) is 5.56 Å². The predicted molar refractivity (Wildman–Crippen MR) is 87.5 cm³/mol. The van der Waals surface area contributed by atoms with Gasteiger partial charge < -0.3 is 9.32 Å². The average molecular weight is 336 g/mol. The quantitative estimate of drug-likeness (QED) is 0.812. The van der Waals surface area contributed by atoms with E-state index in [1.807, 2.05) is 0 Å². The van der Waals surface area contributed by atoms with E-state index in [2.05, 4.69) is 0 Å². The summed E-state index contributed by atoms with van der Waals surface area (Å²) in [7, 11) is -1.96. The van der Waals surface area contributed by atoms with Gasteiger partial charge in [-0.05, 0) is 30.3 Å². The first-order valence-corrected chi connectivity index (χ1v) is 8.66. The molecule has 1 amide bonds. The molecule has 6 nitrogen and oxygen atoms in total. The standard InChI is InChI=1S/C16H20N2O4S/c1-4-18(11-14-9-10-22-12-14)23(20,21)16-7-5-15(6-8-16)17(3)13(2)19/h5-10,12H,4,11H2,1-3H3. The summed E-state index contributed by atoms with van der Waals surface area (Å²) in [6.07, 6.45) is 3.05. The number of carbonyl (C=O) groups excluding carboxylic acids is 1. The second-order valence-corrected chi connectivity index (χ2v) is 7.07. The van der Waals surface area contributed by atoms with Gasteiger partial charge in [-0.1, -0.05) is 6.92 Å². The van der Waals surface area contributed by atoms with Crippen molar-refractivity contribution in [1.29, 1.82) is 0 Å². The van der Waals surface area contributed by atoms with Gasteiger partial charge in [0.25, 0.3) is 0 Å². The summed E-state index contributed by atoms with van der Waals surface area (Å²) in [5.41, 5.74) is 1.44. The number of furan rings is 1. The molecular weight excluding hydrogens is 316 g/mol. The lowest BCUT2D eigenvalue weighted by Crippen LogP contribution is -2.30. The molecule has 0 radical (unpaired) electrons. The van der Waals surface area contributed by atoms with Crippen LogP contribution in [0.15, 0.2) is 52.2 Å². The number of amides is 1. The third kappa shape index (κ3) is 3.80. The van der Waals surface area contributed by atoms with E-state index in [-0.39, 0.29) is 17.3 Å². The van der Waals surface area contributed by atoms with Crippen molar-refractivity contribution in [2.45, 2.75) is 25.3 Å². The molecule has 0 fully saturated rings. The van der Waals surface area contributed by atoms with Crippen LogP contribution < -0.4 is 4.90 Å². The van der Waals surface area contributed by atoms with Crippen molar-refractivity contribution in [2.24, 2.45) is 0 Å². The largest absolute Gasteiger partial charge is 0.472 e. The normalized spacial score (nSPS) is 11.7. The molecule has 1 heterocycles. The molecule has 7 heteroatoms. The Hall–Kier alpha value is -2.12. The summed E-state index contributed by atoms with van der Waals surface area (Å²) in [6.45, 7) is 3.84. The number of anilines is 1. The molecule has 23 heavy (non-hydrogen) atoms. The molecule has 2 rings (SSSR count). The lowest BCUT2D eigenvalue weighted by atomic mass is 10.3. The molecule has 0 spiro atoms. The van der Waals surface area contributed by atoms with Crippen LogP contribution in [-0.2, 0) is 21.4 Å². The number of rotatable bonds is 6. The first kappa shape index (κ1) is 17.2. The van der Waals surface area contributed by atoms with Gasteiger partial charge in [0.05, 0.1) is 17.4 Å². The molecule has 0 atom stereocenters. The second kappa shape index (κ2) is 6.97. The van der Waals surface area contributed by atoms with Crippen molar-refractivity contribution >= 4 is 21.6 Å². The van der Waals surface area contributed by atoms with E-state index in [0.29, 0.717) is 12.2 Å². The zero-order chi connectivity index (χ0) is 17.0. The second-order valence-electron chi connectivity index (χ2n) is 5.13. The highest BCUT2D eigenvalue weighted by Gasteiger charge is 2.23. The number of hydrogen-bond acceptors (Lipinski definition) is 4. The highest BCUT2D eigenvalue weighted by atomic mass is 32.2. The number of carbonyl (C=O) groups is 1. The van der Waals surface area contributed by atoms with Crippen LogP contribution in [0, 0.1) is 0 Å². The van der Waals surface area contributed by atoms with E-state index in [1.54, 1.807) is 32.2 Å². The summed E-state index contributed by atoms with van der Waals surface area (Å²) >= 11 is 0. The maximum Gasteiger partial charge on any atom is 0.243 e. The van der Waals surface area contributed by atoms with E-state index in [4.69, 9.17) is 4.42 Å². The third-order valence-corrected chi connectivity index (χ3v) is 5.56. The highest BCUT2D eigenvalue weighted by molar-refractivity contribution is 7.89. The van der Waals surface area contributed by atoms with Crippen LogP contribution in [0.1, 0.15) is 19.4 Å². The number of benzene rings is 1. The molecule has 0 saturated carbocycles. The van der Waals surface area contributed by atoms with E-state index >= 15 is 0 Å². The fourth-order valence-corrected chi connectivity index (χ4v) is 3.56. The minimum absolute atomic E-state index is 0.115. The van der Waals surface area contributed by atoms with Crippen molar-refractivity contribution in [3.05, 3.63) is 48.4 Å². The predicted octanol–water partition coefficient (Wildman–Crippen LogP) is 2.47. The topological polar surface area (TPSA) is 70.8 Å². The Morgan fingerprint density at radius 1 is 1.17 bits per heavy atom. The molecule has 0 bridgehead atoms. The van der Waals surface area contributed by atoms with Crippen LogP contribution in [-0.4, -0.2) is 32.2 Å². The van der Waals surface area contributed by atoms with Gasteiger partial charge in [0, 0.05) is 38.3 Å². The van der Waals surface area contributed by atoms with Crippen LogP contribution in [0.3, 0.4) is 0 Å². The summed E-state index contributed by atoms with van der Waals surface area (Å²) in [6, 6.07) is 8.02. The monoisotopic (exact) mass is 336 g/mol. The van der Waals surface area contributed by atoms with Gasteiger partial charge in [-0.2, -0.15) is 4.31 Å². The van der Waals surface area contributed by atoms with Crippen molar-refractivity contribution < 1.29 is 17.6 Å². The Labute approximate surface area is 136 Å². The minimum Gasteiger partial charge on any atom is -0.472 e. The van der Waals surface area contributed by atoms with Gasteiger partial charge in [-0.3, -0.25) is 4.79 Å². The molecule has 2 aromatic rings. The Morgan fingerprint density at radius 2 is 1.83 bits per heavy atom. The van der Waals surface area contributed by atoms with Crippen molar-refractivity contribution in [3.63, 3.8) is 0 Å². The summed E-state index contributed by atoms with van der Waals surface area (Å²) in [5.74, 6) is -0.115. The van der Waals surface area contributed by atoms with Gasteiger partial charge in [0.1, 0.15) is 0 Å². The molecule has 0 unspecified atom stereocenters. The van der Waals surface area contributed by atoms with Crippen molar-refractivity contribution in [1.82, 2.24) is 4.31 Å². The van der Waals surface area contributed by atoms with E-state index < -0.39 is 10.0 Å². The van der Waals surface area contributed by atoms with E-state index in [1.165, 1.54) is 40.8 Å². The number of hydrogen-bond donors (Lipinski definition) is 0. The molecule has 0 saturated heterocycles. The van der Waals surface area contributed by atoms with Gasteiger partial charge in [-0.25, -0.2) is 8.42 Å². The lowest BCUT2D eigenvalue weighted by Gasteiger charge is -2.21. The lowest BCUT2D eigenvalue weighted by molar-refractivity contribution is -0.116. The molecule has 0 aliphatic heterocycles. The van der Waals surface area contributed by atoms with Crippen molar-refractivity contribution in [2.75, 3.05) is 18.5 Å². The zero-order valence-corrected chi connectivity index (χ0v) is 14.2. The molecule has 1 aromatic heterocycles. The fraction of sp³-hybridized carbons (Fsp3) is 0.312. The van der Waals surface area contributed by atoms with Crippen molar-refractivity contribution in [3.8, 4) is 0 Å². The summed E-state index contributed by atoms with van der Waals surface area (Å²) in [4.78, 5) is 13.0. The molecule has 0 aliphatic rings. The van der Waals surface area contributed by atoms with Crippen LogP contribution in [0.2, 0.25) is 0 Å². The van der Waals surface area contributed by atoms with Gasteiger partial charge >= 0.3 is 0 Å². The molecular formula is C16H20N2O4S. The highest BCUT2D eigenvalue weighted by Crippen LogP contribution is 2.21. The van der Waals surface area contributed by atoms with Gasteiger partial charge in [-0.15, -0.1) is 0 Å². The number of nitrogens with zero attached hydrogens (tertiary/aromatic N) is 2. The smallest absolute Gasteiger partial charge is 0.243 e. The number of sulfonamides is 1. The molecule has 1 aromatic carbocycles. The molecule has 0 aliphatic carbocycles. The van der Waals surface area contributed by atoms with Gasteiger partial charge in [0.2, 0.25) is 15.9 Å². The SMILES string of the molecule is CCN(Cc1ccoc1)S(=O)(=O)c1ccc(N(C)C(C)=O)cc1. The first-order chi connectivity index (χ1) is 10.9. The fourth-order valence-electron chi connectivity index (χ4n) is 2.13. The summed E-state index contributed by atoms with van der Waals surface area (Å²) < 4.78 is 31.8. The minimum atomic E-state index is -3.60. The Kier molecular flexibility index (Phi) is 5.23. The van der Waals surface area contributed by atoms with Crippen LogP contribution >= 0.6 is 0 Å². The van der Waals surface area contributed by atoms with Gasteiger partial charge in [0.15, 0.2) is 0 Å². The van der Waals surface area contributed by atoms with Crippen LogP contribution in [0.25, 0.3) is 0 Å². The average Bonchev–Trinajstić information content (AvgIpc) is 3.04.